The summed E-state index contributed by atoms with van der Waals surface area (Å²) in [5, 5.41) is 2.94. The number of nitrogens with one attached hydrogen (secondary N) is 1. The topological polar surface area (TPSA) is 105 Å². The lowest BCUT2D eigenvalue weighted by Gasteiger charge is -2.34. The summed E-state index contributed by atoms with van der Waals surface area (Å²) in [4.78, 5) is 29.2. The molecule has 1 N–H and O–H groups in total. The summed E-state index contributed by atoms with van der Waals surface area (Å²) in [6.45, 7) is 4.92. The molecule has 3 aromatic rings. The molecule has 0 unspecified atom stereocenters. The van der Waals surface area contributed by atoms with E-state index < -0.39 is 28.5 Å². The Bertz CT molecular complexity index is 1410. The molecule has 0 saturated carbocycles. The van der Waals surface area contributed by atoms with E-state index in [-0.39, 0.29) is 43.1 Å². The normalized spacial score (nSPS) is 13.1. The second-order valence-corrected chi connectivity index (χ2v) is 12.0. The lowest BCUT2D eigenvalue weighted by molar-refractivity contribution is -0.140. The fourth-order valence-electron chi connectivity index (χ4n) is 4.47. The third-order valence-electron chi connectivity index (χ3n) is 6.52. The number of sulfonamides is 1. The number of hydrogen-bond acceptors (Lipinski definition) is 6. The molecular formula is C30H35N3O6S. The maximum Gasteiger partial charge on any atom is 0.244 e. The molecule has 0 bridgehead atoms. The molecule has 1 atom stereocenters. The summed E-state index contributed by atoms with van der Waals surface area (Å²) < 4.78 is 38.4. The zero-order valence-corrected chi connectivity index (χ0v) is 23.8. The van der Waals surface area contributed by atoms with Gasteiger partial charge in [0.1, 0.15) is 12.6 Å². The van der Waals surface area contributed by atoms with E-state index in [2.05, 4.69) is 5.32 Å². The average Bonchev–Trinajstić information content (AvgIpc) is 3.42. The molecule has 1 aliphatic heterocycles. The van der Waals surface area contributed by atoms with Crippen LogP contribution in [0.15, 0.2) is 78.9 Å². The Morgan fingerprint density at radius 2 is 1.52 bits per heavy atom. The molecule has 0 aromatic heterocycles. The van der Waals surface area contributed by atoms with Gasteiger partial charge in [-0.05, 0) is 44.0 Å². The quantitative estimate of drug-likeness (QED) is 0.359. The monoisotopic (exact) mass is 565 g/mol. The van der Waals surface area contributed by atoms with Gasteiger partial charge >= 0.3 is 0 Å². The van der Waals surface area contributed by atoms with Crippen LogP contribution in [0.4, 0.5) is 5.69 Å². The van der Waals surface area contributed by atoms with E-state index in [0.717, 1.165) is 15.4 Å². The molecule has 4 rings (SSSR count). The number of nitrogens with zero attached hydrogens (tertiary/aromatic N) is 2. The van der Waals surface area contributed by atoms with Crippen molar-refractivity contribution in [2.45, 2.75) is 45.8 Å². The highest BCUT2D eigenvalue weighted by Gasteiger charge is 2.34. The van der Waals surface area contributed by atoms with E-state index in [1.807, 2.05) is 74.5 Å². The minimum Gasteiger partial charge on any atom is -0.454 e. The first kappa shape index (κ1) is 28.9. The molecule has 3 aromatic carbocycles. The minimum absolute atomic E-state index is 0.0369. The first-order valence-corrected chi connectivity index (χ1v) is 14.9. The molecule has 0 radical (unpaired) electrons. The van der Waals surface area contributed by atoms with Crippen LogP contribution in [-0.4, -0.2) is 56.3 Å². The highest BCUT2D eigenvalue weighted by molar-refractivity contribution is 7.92. The molecule has 212 valence electrons. The molecule has 0 fully saturated rings. The summed E-state index contributed by atoms with van der Waals surface area (Å²) in [5.41, 5.74) is 1.98. The van der Waals surface area contributed by atoms with Crippen LogP contribution < -0.4 is 19.1 Å². The van der Waals surface area contributed by atoms with Crippen molar-refractivity contribution in [1.29, 1.82) is 0 Å². The van der Waals surface area contributed by atoms with Gasteiger partial charge in [-0.2, -0.15) is 0 Å². The fraction of sp³-hybridized carbons (Fsp3) is 0.333. The summed E-state index contributed by atoms with van der Waals surface area (Å²) in [5.74, 6) is -0.118. The van der Waals surface area contributed by atoms with Gasteiger partial charge in [-0.15, -0.1) is 0 Å². The van der Waals surface area contributed by atoms with Crippen molar-refractivity contribution in [2.24, 2.45) is 0 Å². The second kappa shape index (κ2) is 12.9. The highest BCUT2D eigenvalue weighted by Crippen LogP contribution is 2.36. The van der Waals surface area contributed by atoms with Gasteiger partial charge in [-0.25, -0.2) is 8.42 Å². The second-order valence-electron chi connectivity index (χ2n) is 9.82. The van der Waals surface area contributed by atoms with Crippen molar-refractivity contribution in [3.63, 3.8) is 0 Å². The van der Waals surface area contributed by atoms with Crippen molar-refractivity contribution in [3.8, 4) is 11.5 Å². The van der Waals surface area contributed by atoms with Crippen LogP contribution in [0, 0.1) is 0 Å². The highest BCUT2D eigenvalue weighted by atomic mass is 32.2. The number of amides is 2. The van der Waals surface area contributed by atoms with Crippen LogP contribution in [0.3, 0.4) is 0 Å². The molecule has 0 aliphatic carbocycles. The van der Waals surface area contributed by atoms with Crippen molar-refractivity contribution in [3.05, 3.63) is 90.0 Å². The van der Waals surface area contributed by atoms with Crippen LogP contribution in [0.25, 0.3) is 0 Å². The van der Waals surface area contributed by atoms with E-state index >= 15 is 0 Å². The van der Waals surface area contributed by atoms with E-state index in [9.17, 15) is 18.0 Å². The molecule has 0 saturated heterocycles. The lowest BCUT2D eigenvalue weighted by Crippen LogP contribution is -2.54. The van der Waals surface area contributed by atoms with Crippen molar-refractivity contribution in [1.82, 2.24) is 10.2 Å². The molecular weight excluding hydrogens is 530 g/mol. The zero-order valence-electron chi connectivity index (χ0n) is 22.9. The number of carbonyl (C=O) groups excluding carboxylic acids is 2. The van der Waals surface area contributed by atoms with E-state index in [1.165, 1.54) is 11.8 Å². The number of fused-ring (bicyclic) bond motifs is 1. The standard InChI is InChI=1S/C30H35N3O6S/c1-4-40(36,37)33(25-15-16-27-28(18-25)39-21-38-27)20-29(34)32(19-24-13-9-6-10-14-24)26(30(35)31-22(2)3)17-23-11-7-5-8-12-23/h5-16,18,22,26H,4,17,19-21H2,1-3H3,(H,31,35)/t26-/m0/s1. The Kier molecular flexibility index (Phi) is 9.31. The van der Waals surface area contributed by atoms with Gasteiger partial charge in [0, 0.05) is 25.1 Å². The largest absolute Gasteiger partial charge is 0.454 e. The Labute approximate surface area is 235 Å². The number of benzene rings is 3. The number of hydrogen-bond donors (Lipinski definition) is 1. The Balaban J connectivity index is 1.73. The third kappa shape index (κ3) is 7.12. The van der Waals surface area contributed by atoms with Gasteiger partial charge in [-0.3, -0.25) is 13.9 Å². The smallest absolute Gasteiger partial charge is 0.244 e. The van der Waals surface area contributed by atoms with Gasteiger partial charge in [0.2, 0.25) is 28.6 Å². The predicted octanol–water partition coefficient (Wildman–Crippen LogP) is 3.74. The van der Waals surface area contributed by atoms with Crippen molar-refractivity contribution < 1.29 is 27.5 Å². The van der Waals surface area contributed by atoms with Crippen LogP contribution in [0.5, 0.6) is 11.5 Å². The zero-order chi connectivity index (χ0) is 28.7. The van der Waals surface area contributed by atoms with Gasteiger partial charge in [-0.1, -0.05) is 60.7 Å². The molecule has 9 nitrogen and oxygen atoms in total. The number of rotatable bonds is 12. The minimum atomic E-state index is -3.87. The van der Waals surface area contributed by atoms with E-state index in [4.69, 9.17) is 9.47 Å². The van der Waals surface area contributed by atoms with Crippen LogP contribution in [0.2, 0.25) is 0 Å². The van der Waals surface area contributed by atoms with Gasteiger partial charge in [0.25, 0.3) is 0 Å². The van der Waals surface area contributed by atoms with E-state index in [1.54, 1.807) is 18.2 Å². The van der Waals surface area contributed by atoms with Crippen LogP contribution in [-0.2, 0) is 32.6 Å². The van der Waals surface area contributed by atoms with Crippen LogP contribution in [0.1, 0.15) is 31.9 Å². The van der Waals surface area contributed by atoms with Crippen LogP contribution >= 0.6 is 0 Å². The number of anilines is 1. The SMILES string of the molecule is CCS(=O)(=O)N(CC(=O)N(Cc1ccccc1)[C@@H](Cc1ccccc1)C(=O)NC(C)C)c1ccc2c(c1)OCO2. The molecule has 2 amide bonds. The Morgan fingerprint density at radius 3 is 2.15 bits per heavy atom. The molecule has 1 aliphatic rings. The predicted molar refractivity (Wildman–Crippen MR) is 154 cm³/mol. The Morgan fingerprint density at radius 1 is 0.900 bits per heavy atom. The first-order chi connectivity index (χ1) is 19.2. The summed E-state index contributed by atoms with van der Waals surface area (Å²) in [6, 6.07) is 22.5. The van der Waals surface area contributed by atoms with E-state index in [0.29, 0.717) is 11.5 Å². The maximum atomic E-state index is 14.1. The van der Waals surface area contributed by atoms with Gasteiger partial charge in [0.15, 0.2) is 11.5 Å². The van der Waals surface area contributed by atoms with Gasteiger partial charge in [0.05, 0.1) is 11.4 Å². The average molecular weight is 566 g/mol. The molecule has 40 heavy (non-hydrogen) atoms. The number of ether oxygens (including phenoxy) is 2. The third-order valence-corrected chi connectivity index (χ3v) is 8.26. The summed E-state index contributed by atoms with van der Waals surface area (Å²) >= 11 is 0. The molecule has 10 heteroatoms. The first-order valence-electron chi connectivity index (χ1n) is 13.3. The van der Waals surface area contributed by atoms with Gasteiger partial charge < -0.3 is 19.7 Å². The fourth-order valence-corrected chi connectivity index (χ4v) is 5.53. The number of carbonyl (C=O) groups is 2. The maximum absolute atomic E-state index is 14.1. The lowest BCUT2D eigenvalue weighted by atomic mass is 10.0. The molecule has 1 heterocycles. The molecule has 0 spiro atoms. The summed E-state index contributed by atoms with van der Waals surface area (Å²) in [6.07, 6.45) is 0.266. The van der Waals surface area contributed by atoms with Crippen molar-refractivity contribution >= 4 is 27.5 Å². The Hall–Kier alpha value is -4.05. The van der Waals surface area contributed by atoms with Crippen molar-refractivity contribution in [2.75, 3.05) is 23.4 Å². The summed E-state index contributed by atoms with van der Waals surface area (Å²) in [7, 11) is -3.87.